The molecule has 5 heteroatoms. The summed E-state index contributed by atoms with van der Waals surface area (Å²) in [5, 5.41) is 11.5. The minimum absolute atomic E-state index is 0.0180. The lowest BCUT2D eigenvalue weighted by Crippen LogP contribution is -2.26. The lowest BCUT2D eigenvalue weighted by molar-refractivity contribution is 0.0949. The van der Waals surface area contributed by atoms with Gasteiger partial charge < -0.3 is 10.4 Å². The third kappa shape index (κ3) is 4.10. The first-order valence-corrected chi connectivity index (χ1v) is 6.52. The number of aliphatic hydroxyl groups excluding tert-OH is 1. The Morgan fingerprint density at radius 1 is 1.05 bits per heavy atom. The van der Waals surface area contributed by atoms with Gasteiger partial charge in [-0.05, 0) is 35.7 Å². The zero-order valence-corrected chi connectivity index (χ0v) is 11.3. The maximum atomic E-state index is 13.4. The summed E-state index contributed by atoms with van der Waals surface area (Å²) in [4.78, 5) is 11.8. The second kappa shape index (κ2) is 6.95. The summed E-state index contributed by atoms with van der Waals surface area (Å²) in [6, 6.07) is 10.1. The van der Waals surface area contributed by atoms with Gasteiger partial charge in [-0.1, -0.05) is 24.3 Å². The van der Waals surface area contributed by atoms with Crippen LogP contribution in [0.5, 0.6) is 0 Å². The molecule has 1 amide bonds. The van der Waals surface area contributed by atoms with Gasteiger partial charge in [-0.15, -0.1) is 0 Å². The maximum absolute atomic E-state index is 13.4. The summed E-state index contributed by atoms with van der Waals surface area (Å²) < 4.78 is 26.4. The summed E-state index contributed by atoms with van der Waals surface area (Å²) in [5.41, 5.74) is 1.49. The summed E-state index contributed by atoms with van der Waals surface area (Å²) in [6.07, 6.45) is 0.564. The van der Waals surface area contributed by atoms with E-state index < -0.39 is 17.5 Å². The van der Waals surface area contributed by atoms with E-state index in [0.29, 0.717) is 13.0 Å². The second-order valence-corrected chi connectivity index (χ2v) is 4.60. The molecule has 0 aliphatic heterocycles. The first kappa shape index (κ1) is 15.1. The number of aliphatic hydroxyl groups is 1. The molecule has 0 aromatic heterocycles. The highest BCUT2D eigenvalue weighted by molar-refractivity contribution is 5.94. The monoisotopic (exact) mass is 291 g/mol. The molecular weight excluding hydrogens is 276 g/mol. The van der Waals surface area contributed by atoms with Gasteiger partial charge in [-0.25, -0.2) is 8.78 Å². The molecule has 0 saturated carbocycles. The number of nitrogens with one attached hydrogen (secondary N) is 1. The molecule has 0 aliphatic rings. The van der Waals surface area contributed by atoms with E-state index in [1.165, 1.54) is 0 Å². The number of hydrogen-bond donors (Lipinski definition) is 2. The summed E-state index contributed by atoms with van der Waals surface area (Å²) in [7, 11) is 0. The van der Waals surface area contributed by atoms with Crippen molar-refractivity contribution in [1.82, 2.24) is 5.32 Å². The van der Waals surface area contributed by atoms with Gasteiger partial charge in [0.25, 0.3) is 5.91 Å². The van der Waals surface area contributed by atoms with Crippen LogP contribution in [0.25, 0.3) is 0 Å². The summed E-state index contributed by atoms with van der Waals surface area (Å²) in [6.45, 7) is 0.295. The van der Waals surface area contributed by atoms with Gasteiger partial charge in [-0.2, -0.15) is 0 Å². The fourth-order valence-electron chi connectivity index (χ4n) is 1.90. The Morgan fingerprint density at radius 3 is 2.38 bits per heavy atom. The van der Waals surface area contributed by atoms with Gasteiger partial charge in [0.2, 0.25) is 0 Å². The van der Waals surface area contributed by atoms with Crippen LogP contribution in [0.15, 0.2) is 42.5 Å². The van der Waals surface area contributed by atoms with Gasteiger partial charge in [0.15, 0.2) is 0 Å². The van der Waals surface area contributed by atoms with Crippen molar-refractivity contribution in [2.24, 2.45) is 0 Å². The fraction of sp³-hybridized carbons (Fsp3) is 0.188. The molecule has 0 aliphatic carbocycles. The van der Waals surface area contributed by atoms with E-state index in [2.05, 4.69) is 5.32 Å². The number of amides is 1. The van der Waals surface area contributed by atoms with Crippen LogP contribution in [0.3, 0.4) is 0 Å². The molecule has 0 saturated heterocycles. The summed E-state index contributed by atoms with van der Waals surface area (Å²) in [5.74, 6) is -2.04. The molecule has 110 valence electrons. The van der Waals surface area contributed by atoms with E-state index in [0.717, 1.165) is 29.3 Å². The zero-order valence-electron chi connectivity index (χ0n) is 11.3. The molecule has 0 spiro atoms. The van der Waals surface area contributed by atoms with Crippen molar-refractivity contribution in [3.8, 4) is 0 Å². The topological polar surface area (TPSA) is 49.3 Å². The fourth-order valence-corrected chi connectivity index (χ4v) is 1.90. The number of carbonyl (C=O) groups excluding carboxylic acids is 1. The maximum Gasteiger partial charge on any atom is 0.254 e. The third-order valence-electron chi connectivity index (χ3n) is 3.08. The molecule has 2 aromatic rings. The molecule has 2 N–H and O–H groups in total. The van der Waals surface area contributed by atoms with Crippen LogP contribution < -0.4 is 5.32 Å². The molecule has 3 nitrogen and oxygen atoms in total. The highest BCUT2D eigenvalue weighted by Gasteiger charge is 2.12. The van der Waals surface area contributed by atoms with Gasteiger partial charge in [0, 0.05) is 6.54 Å². The van der Waals surface area contributed by atoms with Gasteiger partial charge in [-0.3, -0.25) is 4.79 Å². The Balaban J connectivity index is 1.90. The van der Waals surface area contributed by atoms with E-state index in [1.54, 1.807) is 12.1 Å². The van der Waals surface area contributed by atoms with Crippen LogP contribution in [0, 0.1) is 11.6 Å². The van der Waals surface area contributed by atoms with E-state index in [9.17, 15) is 13.6 Å². The van der Waals surface area contributed by atoms with E-state index >= 15 is 0 Å². The van der Waals surface area contributed by atoms with Crippen molar-refractivity contribution in [3.05, 3.63) is 70.8 Å². The van der Waals surface area contributed by atoms with Crippen molar-refractivity contribution < 1.29 is 18.7 Å². The number of rotatable bonds is 5. The Morgan fingerprint density at radius 2 is 1.71 bits per heavy atom. The smallest absolute Gasteiger partial charge is 0.254 e. The Kier molecular flexibility index (Phi) is 5.00. The lowest BCUT2D eigenvalue weighted by atomic mass is 10.1. The summed E-state index contributed by atoms with van der Waals surface area (Å²) >= 11 is 0. The molecule has 0 heterocycles. The average Bonchev–Trinajstić information content (AvgIpc) is 2.50. The van der Waals surface area contributed by atoms with Crippen molar-refractivity contribution in [1.29, 1.82) is 0 Å². The van der Waals surface area contributed by atoms with E-state index in [1.807, 2.05) is 12.1 Å². The number of benzene rings is 2. The van der Waals surface area contributed by atoms with Gasteiger partial charge in [0.05, 0.1) is 12.2 Å². The quantitative estimate of drug-likeness (QED) is 0.889. The Bertz CT molecular complexity index is 627. The van der Waals surface area contributed by atoms with Gasteiger partial charge in [0.1, 0.15) is 11.6 Å². The predicted molar refractivity (Wildman–Crippen MR) is 74.8 cm³/mol. The first-order chi connectivity index (χ1) is 10.1. The second-order valence-electron chi connectivity index (χ2n) is 4.60. The minimum Gasteiger partial charge on any atom is -0.392 e. The van der Waals surface area contributed by atoms with Crippen molar-refractivity contribution >= 4 is 5.91 Å². The SMILES string of the molecule is O=C(NCCc1ccc(CO)cc1)c1cc(F)ccc1F. The van der Waals surface area contributed by atoms with Crippen molar-refractivity contribution in [2.45, 2.75) is 13.0 Å². The minimum atomic E-state index is -0.749. The standard InChI is InChI=1S/C16H15F2NO2/c17-13-5-6-15(18)14(9-13)16(21)19-8-7-11-1-3-12(10-20)4-2-11/h1-6,9,20H,7-8,10H2,(H,19,21). The van der Waals surface area contributed by atoms with Gasteiger partial charge >= 0.3 is 0 Å². The molecule has 2 rings (SSSR count). The third-order valence-corrected chi connectivity index (χ3v) is 3.08. The molecule has 2 aromatic carbocycles. The molecule has 0 radical (unpaired) electrons. The highest BCUT2D eigenvalue weighted by Crippen LogP contribution is 2.09. The van der Waals surface area contributed by atoms with Crippen LogP contribution in [0.2, 0.25) is 0 Å². The average molecular weight is 291 g/mol. The lowest BCUT2D eigenvalue weighted by Gasteiger charge is -2.07. The molecular formula is C16H15F2NO2. The van der Waals surface area contributed by atoms with Crippen LogP contribution >= 0.6 is 0 Å². The Labute approximate surface area is 121 Å². The first-order valence-electron chi connectivity index (χ1n) is 6.52. The van der Waals surface area contributed by atoms with E-state index in [4.69, 9.17) is 5.11 Å². The highest BCUT2D eigenvalue weighted by atomic mass is 19.1. The zero-order chi connectivity index (χ0) is 15.2. The molecule has 0 unspecified atom stereocenters. The largest absolute Gasteiger partial charge is 0.392 e. The molecule has 0 atom stereocenters. The molecule has 0 fully saturated rings. The number of carbonyl (C=O) groups is 1. The molecule has 0 bridgehead atoms. The van der Waals surface area contributed by atoms with E-state index in [-0.39, 0.29) is 12.2 Å². The van der Waals surface area contributed by atoms with Crippen molar-refractivity contribution in [2.75, 3.05) is 6.54 Å². The predicted octanol–water partition coefficient (Wildman–Crippen LogP) is 2.43. The van der Waals surface area contributed by atoms with Crippen LogP contribution in [-0.4, -0.2) is 17.6 Å². The number of hydrogen-bond acceptors (Lipinski definition) is 2. The van der Waals surface area contributed by atoms with Crippen LogP contribution in [0.1, 0.15) is 21.5 Å². The molecule has 21 heavy (non-hydrogen) atoms. The van der Waals surface area contributed by atoms with Crippen LogP contribution in [-0.2, 0) is 13.0 Å². The Hall–Kier alpha value is -2.27. The van der Waals surface area contributed by atoms with Crippen molar-refractivity contribution in [3.63, 3.8) is 0 Å². The van der Waals surface area contributed by atoms with Crippen LogP contribution in [0.4, 0.5) is 8.78 Å². The normalized spacial score (nSPS) is 10.4. The number of halogens is 2.